The summed E-state index contributed by atoms with van der Waals surface area (Å²) < 4.78 is 7.19. The Hall–Kier alpha value is -4.62. The lowest BCUT2D eigenvalue weighted by Gasteiger charge is -2.41. The van der Waals surface area contributed by atoms with Crippen molar-refractivity contribution in [1.82, 2.24) is 40.4 Å². The summed E-state index contributed by atoms with van der Waals surface area (Å²) in [5, 5.41) is 15.1. The van der Waals surface area contributed by atoms with Gasteiger partial charge in [0.05, 0.1) is 25.4 Å². The fourth-order valence-electron chi connectivity index (χ4n) is 5.76. The van der Waals surface area contributed by atoms with Crippen molar-refractivity contribution in [1.29, 1.82) is 0 Å². The second kappa shape index (κ2) is 14.0. The molecule has 2 aliphatic heterocycles. The molecule has 2 aromatic heterocycles. The van der Waals surface area contributed by atoms with E-state index in [4.69, 9.17) is 4.74 Å². The molecule has 2 N–H and O–H groups in total. The van der Waals surface area contributed by atoms with Crippen LogP contribution in [0.3, 0.4) is 0 Å². The number of hydrogen-bond donors (Lipinski definition) is 2. The first-order valence-corrected chi connectivity index (χ1v) is 15.9. The van der Waals surface area contributed by atoms with Crippen molar-refractivity contribution in [3.8, 4) is 16.3 Å². The van der Waals surface area contributed by atoms with E-state index in [0.717, 1.165) is 26.8 Å². The lowest BCUT2D eigenvalue weighted by molar-refractivity contribution is -0.146. The molecule has 0 saturated carbocycles. The number of thiazole rings is 1. The smallest absolute Gasteiger partial charge is 0.246 e. The number of nitrogens with zero attached hydrogens (tertiary/aromatic N) is 6. The summed E-state index contributed by atoms with van der Waals surface area (Å²) in [6, 6.07) is 15.8. The first-order valence-electron chi connectivity index (χ1n) is 15.1. The third-order valence-corrected chi connectivity index (χ3v) is 9.07. The molecule has 2 atom stereocenters. The highest BCUT2D eigenvalue weighted by molar-refractivity contribution is 7.15. The number of piperazine rings is 1. The summed E-state index contributed by atoms with van der Waals surface area (Å²) in [7, 11) is 1.64. The Morgan fingerprint density at radius 3 is 2.69 bits per heavy atom. The van der Waals surface area contributed by atoms with Gasteiger partial charge in [0.2, 0.25) is 17.7 Å². The molecule has 45 heavy (non-hydrogen) atoms. The van der Waals surface area contributed by atoms with Gasteiger partial charge in [-0.15, -0.1) is 16.4 Å². The minimum Gasteiger partial charge on any atom is -0.496 e. The molecule has 12 nitrogen and oxygen atoms in total. The van der Waals surface area contributed by atoms with Gasteiger partial charge in [0.15, 0.2) is 0 Å². The predicted molar refractivity (Wildman–Crippen MR) is 168 cm³/mol. The van der Waals surface area contributed by atoms with Crippen molar-refractivity contribution in [2.75, 3.05) is 26.7 Å². The first-order chi connectivity index (χ1) is 22.0. The molecule has 0 radical (unpaired) electrons. The normalized spacial score (nSPS) is 20.0. The zero-order chi connectivity index (χ0) is 31.2. The molecule has 0 aliphatic carbocycles. The number of carbonyl (C=O) groups is 3. The van der Waals surface area contributed by atoms with Gasteiger partial charge in [-0.1, -0.05) is 47.7 Å². The van der Waals surface area contributed by atoms with Crippen LogP contribution < -0.4 is 15.4 Å². The molecule has 13 heteroatoms. The van der Waals surface area contributed by atoms with Crippen molar-refractivity contribution < 1.29 is 19.1 Å². The van der Waals surface area contributed by atoms with E-state index in [1.807, 2.05) is 60.8 Å². The van der Waals surface area contributed by atoms with Gasteiger partial charge in [-0.25, -0.2) is 4.98 Å². The number of hydrogen-bond acceptors (Lipinski definition) is 9. The molecular formula is C32H36N8O4S. The van der Waals surface area contributed by atoms with Gasteiger partial charge in [-0.2, -0.15) is 0 Å². The van der Waals surface area contributed by atoms with E-state index in [1.165, 1.54) is 0 Å². The highest BCUT2D eigenvalue weighted by Gasteiger charge is 2.38. The fourth-order valence-corrected chi connectivity index (χ4v) is 6.75. The molecule has 1 saturated heterocycles. The topological polar surface area (TPSA) is 135 Å². The summed E-state index contributed by atoms with van der Waals surface area (Å²) in [6.07, 6.45) is 4.75. The summed E-state index contributed by atoms with van der Waals surface area (Å²) >= 11 is 1.58. The molecule has 4 heterocycles. The number of amides is 3. The largest absolute Gasteiger partial charge is 0.496 e. The standard InChI is InChI=1S/C32H36N8O4S/c1-44-28-11-6-5-10-25(28)31-34-18-24(45-31)20-38-14-15-40-27(21-38)30(42)33-17-23-19-39(37-36-23)13-7-12-29(41)35-26(32(40)43)16-22-8-3-2-4-9-22/h2-6,8-11,18-19,26-27H,7,12-17,20-21H2,1H3,(H,33,42)(H,35,41)/t26-,27+/m0/s1. The van der Waals surface area contributed by atoms with E-state index >= 15 is 0 Å². The Morgan fingerprint density at radius 2 is 1.84 bits per heavy atom. The molecule has 2 aromatic carbocycles. The molecule has 234 valence electrons. The van der Waals surface area contributed by atoms with Crippen LogP contribution in [0.25, 0.3) is 10.6 Å². The van der Waals surface area contributed by atoms with Gasteiger partial charge >= 0.3 is 0 Å². The number of benzene rings is 2. The summed E-state index contributed by atoms with van der Waals surface area (Å²) in [6.45, 7) is 2.52. The highest BCUT2D eigenvalue weighted by atomic mass is 32.1. The molecule has 3 amide bonds. The van der Waals surface area contributed by atoms with Gasteiger partial charge in [0.25, 0.3) is 0 Å². The van der Waals surface area contributed by atoms with Crippen molar-refractivity contribution in [3.63, 3.8) is 0 Å². The second-order valence-electron chi connectivity index (χ2n) is 11.2. The monoisotopic (exact) mass is 628 g/mol. The Labute approximate surface area is 265 Å². The van der Waals surface area contributed by atoms with E-state index in [-0.39, 0.29) is 30.7 Å². The van der Waals surface area contributed by atoms with Gasteiger partial charge < -0.3 is 20.3 Å². The van der Waals surface area contributed by atoms with Crippen LogP contribution in [0.4, 0.5) is 0 Å². The van der Waals surface area contributed by atoms with E-state index in [1.54, 1.807) is 34.2 Å². The Morgan fingerprint density at radius 1 is 1.02 bits per heavy atom. The average Bonchev–Trinajstić information content (AvgIpc) is 3.72. The van der Waals surface area contributed by atoms with E-state index in [0.29, 0.717) is 51.3 Å². The van der Waals surface area contributed by atoms with Gasteiger partial charge in [-0.05, 0) is 24.1 Å². The molecule has 1 fully saturated rings. The lowest BCUT2D eigenvalue weighted by atomic mass is 10.0. The SMILES string of the molecule is COc1ccccc1-c1ncc(CN2CCN3C(=O)[C@H](Cc4ccccc4)NC(=O)CCCn4cc(nn4)CNC(=O)[C@H]3C2)s1. The molecule has 2 bridgehead atoms. The number of aromatic nitrogens is 4. The van der Waals surface area contributed by atoms with Crippen molar-refractivity contribution >= 4 is 29.1 Å². The van der Waals surface area contributed by atoms with Crippen LogP contribution >= 0.6 is 11.3 Å². The van der Waals surface area contributed by atoms with Crippen LogP contribution in [-0.4, -0.2) is 86.3 Å². The number of ether oxygens (including phenoxy) is 1. The van der Waals surface area contributed by atoms with Crippen LogP contribution in [0, 0.1) is 0 Å². The summed E-state index contributed by atoms with van der Waals surface area (Å²) in [5.74, 6) is 0.00792. The van der Waals surface area contributed by atoms with E-state index in [9.17, 15) is 14.4 Å². The van der Waals surface area contributed by atoms with Crippen molar-refractivity contribution in [2.24, 2.45) is 0 Å². The lowest BCUT2D eigenvalue weighted by Crippen LogP contribution is -2.63. The Kier molecular flexibility index (Phi) is 9.46. The van der Waals surface area contributed by atoms with Crippen molar-refractivity contribution in [2.45, 2.75) is 51.0 Å². The van der Waals surface area contributed by atoms with Gasteiger partial charge in [0, 0.05) is 56.6 Å². The minimum atomic E-state index is -0.797. The van der Waals surface area contributed by atoms with Crippen molar-refractivity contribution in [3.05, 3.63) is 83.1 Å². The van der Waals surface area contributed by atoms with E-state index in [2.05, 4.69) is 30.8 Å². The number of methoxy groups -OCH3 is 1. The Bertz CT molecular complexity index is 1640. The zero-order valence-corrected chi connectivity index (χ0v) is 25.9. The predicted octanol–water partition coefficient (Wildman–Crippen LogP) is 2.26. The van der Waals surface area contributed by atoms with Gasteiger partial charge in [-0.3, -0.25) is 24.0 Å². The third kappa shape index (κ3) is 7.37. The summed E-state index contributed by atoms with van der Waals surface area (Å²) in [5.41, 5.74) is 2.47. The molecule has 0 unspecified atom stereocenters. The maximum absolute atomic E-state index is 14.2. The van der Waals surface area contributed by atoms with Crippen LogP contribution in [-0.2, 0) is 40.4 Å². The maximum Gasteiger partial charge on any atom is 0.246 e. The highest BCUT2D eigenvalue weighted by Crippen LogP contribution is 2.33. The molecule has 0 spiro atoms. The van der Waals surface area contributed by atoms with Crippen LogP contribution in [0.5, 0.6) is 5.75 Å². The van der Waals surface area contributed by atoms with Crippen LogP contribution in [0.15, 0.2) is 67.0 Å². The van der Waals surface area contributed by atoms with Gasteiger partial charge in [0.1, 0.15) is 28.5 Å². The molecule has 2 aliphatic rings. The number of carbonyl (C=O) groups excluding carboxylic acids is 3. The number of aryl methyl sites for hydroxylation is 1. The number of para-hydroxylation sites is 1. The maximum atomic E-state index is 14.2. The minimum absolute atomic E-state index is 0.194. The summed E-state index contributed by atoms with van der Waals surface area (Å²) in [4.78, 5) is 50.4. The Balaban J connectivity index is 1.24. The van der Waals surface area contributed by atoms with E-state index < -0.39 is 12.1 Å². The fraction of sp³-hybridized carbons (Fsp3) is 0.375. The molecular weight excluding hydrogens is 592 g/mol. The quantitative estimate of drug-likeness (QED) is 0.332. The van der Waals surface area contributed by atoms with Crippen LogP contribution in [0.2, 0.25) is 0 Å². The van der Waals surface area contributed by atoms with Crippen LogP contribution in [0.1, 0.15) is 29.0 Å². The average molecular weight is 629 g/mol. The number of nitrogens with one attached hydrogen (secondary N) is 2. The molecule has 4 aromatic rings. The number of rotatable bonds is 6. The number of fused-ring (bicyclic) bond motifs is 3. The first kappa shape index (κ1) is 30.4. The molecule has 6 rings (SSSR count). The second-order valence-corrected chi connectivity index (χ2v) is 12.3. The third-order valence-electron chi connectivity index (χ3n) is 8.06. The zero-order valence-electron chi connectivity index (χ0n) is 25.1.